The lowest BCUT2D eigenvalue weighted by atomic mass is 10.0. The van der Waals surface area contributed by atoms with Gasteiger partial charge in [-0.25, -0.2) is 0 Å². The monoisotopic (exact) mass is 314 g/mol. The van der Waals surface area contributed by atoms with Crippen molar-refractivity contribution in [2.45, 2.75) is 0 Å². The number of methoxy groups -OCH3 is 1. The molecule has 0 aromatic heterocycles. The van der Waals surface area contributed by atoms with Gasteiger partial charge >= 0.3 is 0 Å². The molecule has 0 N–H and O–H groups in total. The van der Waals surface area contributed by atoms with E-state index in [9.17, 15) is 4.79 Å². The van der Waals surface area contributed by atoms with Gasteiger partial charge in [0.15, 0.2) is 5.78 Å². The number of carbonyl (C=O) groups excluding carboxylic acids is 1. The lowest BCUT2D eigenvalue weighted by Gasteiger charge is -2.08. The molecule has 0 saturated carbocycles. The molecule has 0 fully saturated rings. The second-order valence-corrected chi connectivity index (χ2v) is 4.97. The molecule has 2 rings (SSSR count). The molecule has 0 saturated heterocycles. The van der Waals surface area contributed by atoms with Crippen molar-refractivity contribution in [3.8, 4) is 5.75 Å². The van der Waals surface area contributed by atoms with Crippen LogP contribution in [0.1, 0.15) is 15.9 Å². The highest BCUT2D eigenvalue weighted by Gasteiger charge is 2.17. The Morgan fingerprint density at radius 2 is 1.74 bits per heavy atom. The maximum Gasteiger partial charge on any atom is 0.196 e. The van der Waals surface area contributed by atoms with Crippen LogP contribution in [0.3, 0.4) is 0 Å². The maximum absolute atomic E-state index is 12.4. The molecule has 0 aliphatic rings. The molecule has 5 heteroatoms. The van der Waals surface area contributed by atoms with Gasteiger partial charge in [0.05, 0.1) is 22.2 Å². The predicted octanol–water partition coefficient (Wildman–Crippen LogP) is 4.89. The van der Waals surface area contributed by atoms with Crippen molar-refractivity contribution in [3.05, 3.63) is 62.6 Å². The first-order valence-corrected chi connectivity index (χ1v) is 6.50. The second kappa shape index (κ2) is 5.83. The van der Waals surface area contributed by atoms with Gasteiger partial charge in [0.1, 0.15) is 5.75 Å². The average Bonchev–Trinajstić information content (AvgIpc) is 2.41. The molecular weight excluding hydrogens is 307 g/mol. The van der Waals surface area contributed by atoms with E-state index in [4.69, 9.17) is 39.5 Å². The van der Waals surface area contributed by atoms with Crippen LogP contribution in [0.25, 0.3) is 0 Å². The van der Waals surface area contributed by atoms with Crippen molar-refractivity contribution in [1.82, 2.24) is 0 Å². The topological polar surface area (TPSA) is 26.3 Å². The Bertz CT molecular complexity index is 639. The highest BCUT2D eigenvalue weighted by atomic mass is 35.5. The number of halogens is 3. The summed E-state index contributed by atoms with van der Waals surface area (Å²) < 4.78 is 5.04. The number of rotatable bonds is 3. The summed E-state index contributed by atoms with van der Waals surface area (Å²) in [6, 6.07) is 9.73. The Morgan fingerprint density at radius 3 is 2.37 bits per heavy atom. The highest BCUT2D eigenvalue weighted by Crippen LogP contribution is 2.30. The number of ether oxygens (including phenoxy) is 1. The van der Waals surface area contributed by atoms with Gasteiger partial charge in [0.2, 0.25) is 0 Å². The van der Waals surface area contributed by atoms with Crippen LogP contribution in [0.15, 0.2) is 36.4 Å². The first-order chi connectivity index (χ1) is 9.04. The molecule has 2 nitrogen and oxygen atoms in total. The normalized spacial score (nSPS) is 10.3. The van der Waals surface area contributed by atoms with Crippen LogP contribution < -0.4 is 4.74 Å². The van der Waals surface area contributed by atoms with E-state index in [0.717, 1.165) is 0 Å². The molecule has 0 radical (unpaired) electrons. The number of hydrogen-bond donors (Lipinski definition) is 0. The van der Waals surface area contributed by atoms with E-state index in [-0.39, 0.29) is 10.8 Å². The van der Waals surface area contributed by atoms with Crippen LogP contribution in [0, 0.1) is 0 Å². The van der Waals surface area contributed by atoms with Crippen LogP contribution >= 0.6 is 34.8 Å². The van der Waals surface area contributed by atoms with Crippen LogP contribution in [0.5, 0.6) is 5.75 Å². The minimum absolute atomic E-state index is 0.223. The standard InChI is InChI=1S/C14H9Cl3O2/c1-19-8-5-6-9(12(16)7-8)14(18)10-3-2-4-11(15)13(10)17/h2-7H,1H3. The van der Waals surface area contributed by atoms with Crippen molar-refractivity contribution in [1.29, 1.82) is 0 Å². The van der Waals surface area contributed by atoms with Crippen molar-refractivity contribution in [2.75, 3.05) is 7.11 Å². The number of hydrogen-bond acceptors (Lipinski definition) is 2. The Morgan fingerprint density at radius 1 is 1.00 bits per heavy atom. The first kappa shape index (κ1) is 14.2. The highest BCUT2D eigenvalue weighted by molar-refractivity contribution is 6.45. The maximum atomic E-state index is 12.4. The molecule has 98 valence electrons. The number of benzene rings is 2. The smallest absolute Gasteiger partial charge is 0.196 e. The Kier molecular flexibility index (Phi) is 4.35. The minimum atomic E-state index is -0.278. The Labute approximate surface area is 125 Å². The molecule has 0 amide bonds. The summed E-state index contributed by atoms with van der Waals surface area (Å²) in [6.07, 6.45) is 0. The van der Waals surface area contributed by atoms with Crippen LogP contribution in [-0.4, -0.2) is 12.9 Å². The quantitative estimate of drug-likeness (QED) is 0.754. The summed E-state index contributed by atoms with van der Waals surface area (Å²) in [5.41, 5.74) is 0.674. The van der Waals surface area contributed by atoms with E-state index < -0.39 is 0 Å². The summed E-state index contributed by atoms with van der Waals surface area (Å²) in [5.74, 6) is 0.305. The summed E-state index contributed by atoms with van der Waals surface area (Å²) in [7, 11) is 1.53. The number of carbonyl (C=O) groups is 1. The third kappa shape index (κ3) is 2.86. The Balaban J connectivity index is 2.47. The average molecular weight is 316 g/mol. The fraction of sp³-hybridized carbons (Fsp3) is 0.0714. The Hall–Kier alpha value is -1.22. The van der Waals surface area contributed by atoms with E-state index in [1.165, 1.54) is 7.11 Å². The third-order valence-corrected chi connectivity index (χ3v) is 3.75. The first-order valence-electron chi connectivity index (χ1n) is 5.37. The van der Waals surface area contributed by atoms with E-state index in [1.54, 1.807) is 36.4 Å². The van der Waals surface area contributed by atoms with E-state index in [2.05, 4.69) is 0 Å². The summed E-state index contributed by atoms with van der Waals surface area (Å²) >= 11 is 18.0. The van der Waals surface area contributed by atoms with Gasteiger partial charge in [-0.15, -0.1) is 0 Å². The van der Waals surface area contributed by atoms with Crippen LogP contribution in [-0.2, 0) is 0 Å². The largest absolute Gasteiger partial charge is 0.497 e. The summed E-state index contributed by atoms with van der Waals surface area (Å²) in [5, 5.41) is 0.860. The zero-order valence-corrected chi connectivity index (χ0v) is 12.2. The molecule has 0 aliphatic heterocycles. The zero-order chi connectivity index (χ0) is 14.0. The van der Waals surface area contributed by atoms with Gasteiger partial charge in [0, 0.05) is 11.1 Å². The molecule has 0 unspecified atom stereocenters. The SMILES string of the molecule is COc1ccc(C(=O)c2cccc(Cl)c2Cl)c(Cl)c1. The van der Waals surface area contributed by atoms with Crippen molar-refractivity contribution in [3.63, 3.8) is 0 Å². The van der Waals surface area contributed by atoms with Gasteiger partial charge in [-0.1, -0.05) is 40.9 Å². The lowest BCUT2D eigenvalue weighted by molar-refractivity contribution is 0.103. The molecule has 0 atom stereocenters. The fourth-order valence-electron chi connectivity index (χ4n) is 1.63. The van der Waals surface area contributed by atoms with Crippen molar-refractivity contribution < 1.29 is 9.53 Å². The van der Waals surface area contributed by atoms with Crippen LogP contribution in [0.4, 0.5) is 0 Å². The van der Waals surface area contributed by atoms with Gasteiger partial charge in [0.25, 0.3) is 0 Å². The van der Waals surface area contributed by atoms with Gasteiger partial charge in [-0.2, -0.15) is 0 Å². The van der Waals surface area contributed by atoms with Gasteiger partial charge in [-0.05, 0) is 30.3 Å². The molecule has 0 aliphatic carbocycles. The second-order valence-electron chi connectivity index (χ2n) is 3.78. The van der Waals surface area contributed by atoms with E-state index in [1.807, 2.05) is 0 Å². The molecule has 19 heavy (non-hydrogen) atoms. The molecule has 0 heterocycles. The minimum Gasteiger partial charge on any atom is -0.497 e. The molecule has 2 aromatic carbocycles. The van der Waals surface area contributed by atoms with E-state index >= 15 is 0 Å². The van der Waals surface area contributed by atoms with Crippen LogP contribution in [0.2, 0.25) is 15.1 Å². The zero-order valence-electron chi connectivity index (χ0n) is 9.91. The number of ketones is 1. The third-order valence-electron chi connectivity index (χ3n) is 2.62. The van der Waals surface area contributed by atoms with Gasteiger partial charge in [-0.3, -0.25) is 4.79 Å². The van der Waals surface area contributed by atoms with Crippen molar-refractivity contribution in [2.24, 2.45) is 0 Å². The van der Waals surface area contributed by atoms with E-state index in [0.29, 0.717) is 26.9 Å². The molecule has 0 bridgehead atoms. The molecule has 0 spiro atoms. The van der Waals surface area contributed by atoms with Crippen molar-refractivity contribution >= 4 is 40.6 Å². The lowest BCUT2D eigenvalue weighted by Crippen LogP contribution is -2.03. The fourth-order valence-corrected chi connectivity index (χ4v) is 2.27. The predicted molar refractivity (Wildman–Crippen MR) is 77.9 cm³/mol. The summed E-state index contributed by atoms with van der Waals surface area (Å²) in [4.78, 5) is 12.4. The molecule has 2 aromatic rings. The van der Waals surface area contributed by atoms with Gasteiger partial charge < -0.3 is 4.74 Å². The molecular formula is C14H9Cl3O2. The summed E-state index contributed by atoms with van der Waals surface area (Å²) in [6.45, 7) is 0.